The number of nitrogens with one attached hydrogen (secondary N) is 1. The van der Waals surface area contributed by atoms with Crippen molar-refractivity contribution in [3.8, 4) is 0 Å². The van der Waals surface area contributed by atoms with Gasteiger partial charge in [-0.1, -0.05) is 25.1 Å². The Labute approximate surface area is 105 Å². The van der Waals surface area contributed by atoms with Crippen molar-refractivity contribution < 1.29 is 4.79 Å². The summed E-state index contributed by atoms with van der Waals surface area (Å²) in [5.41, 5.74) is 1.78. The minimum absolute atomic E-state index is 0.0863. The molecule has 3 nitrogen and oxygen atoms in total. The number of carbonyl (C=O) groups excluding carboxylic acids is 1. The van der Waals surface area contributed by atoms with Crippen molar-refractivity contribution in [2.45, 2.75) is 20.3 Å². The van der Waals surface area contributed by atoms with Crippen LogP contribution in [0.5, 0.6) is 0 Å². The molecular weight excluding hydrogens is 232 g/mol. The quantitative estimate of drug-likeness (QED) is 0.903. The van der Waals surface area contributed by atoms with E-state index in [1.807, 2.05) is 38.1 Å². The van der Waals surface area contributed by atoms with E-state index in [-0.39, 0.29) is 5.91 Å². The fourth-order valence-corrected chi connectivity index (χ4v) is 2.29. The molecule has 0 unspecified atom stereocenters. The second kappa shape index (κ2) is 5.10. The maximum atomic E-state index is 12.1. The Hall–Kier alpha value is -1.68. The van der Waals surface area contributed by atoms with E-state index in [0.29, 0.717) is 5.13 Å². The molecule has 1 amide bonds. The first-order valence-electron chi connectivity index (χ1n) is 5.52. The van der Waals surface area contributed by atoms with Crippen molar-refractivity contribution >= 4 is 22.4 Å². The van der Waals surface area contributed by atoms with E-state index < -0.39 is 0 Å². The molecular formula is C13H14N2OS. The SMILES string of the molecule is CCc1ccccc1C(=O)Nc1ncc(C)s1. The average Bonchev–Trinajstić information content (AvgIpc) is 2.74. The summed E-state index contributed by atoms with van der Waals surface area (Å²) in [6, 6.07) is 7.64. The molecule has 2 aromatic rings. The predicted octanol–water partition coefficient (Wildman–Crippen LogP) is 3.27. The van der Waals surface area contributed by atoms with Gasteiger partial charge in [-0.25, -0.2) is 4.98 Å². The van der Waals surface area contributed by atoms with Gasteiger partial charge in [0.15, 0.2) is 5.13 Å². The Morgan fingerprint density at radius 3 is 2.82 bits per heavy atom. The van der Waals surface area contributed by atoms with E-state index in [2.05, 4.69) is 10.3 Å². The largest absolute Gasteiger partial charge is 0.298 e. The summed E-state index contributed by atoms with van der Waals surface area (Å²) < 4.78 is 0. The normalized spacial score (nSPS) is 10.2. The third-order valence-electron chi connectivity index (χ3n) is 2.48. The van der Waals surface area contributed by atoms with Gasteiger partial charge in [0, 0.05) is 16.6 Å². The van der Waals surface area contributed by atoms with E-state index in [1.165, 1.54) is 11.3 Å². The highest BCUT2D eigenvalue weighted by molar-refractivity contribution is 7.15. The molecule has 0 atom stereocenters. The van der Waals surface area contributed by atoms with Crippen LogP contribution in [0.2, 0.25) is 0 Å². The number of aryl methyl sites for hydroxylation is 2. The zero-order chi connectivity index (χ0) is 12.3. The second-order valence-corrected chi connectivity index (χ2v) is 4.98. The van der Waals surface area contributed by atoms with Gasteiger partial charge in [-0.05, 0) is 25.0 Å². The molecule has 0 aliphatic rings. The van der Waals surface area contributed by atoms with Crippen molar-refractivity contribution in [2.24, 2.45) is 0 Å². The molecule has 0 saturated heterocycles. The molecule has 0 bridgehead atoms. The van der Waals surface area contributed by atoms with Gasteiger partial charge in [0.05, 0.1) is 0 Å². The highest BCUT2D eigenvalue weighted by Crippen LogP contribution is 2.18. The van der Waals surface area contributed by atoms with E-state index in [9.17, 15) is 4.79 Å². The number of hydrogen-bond donors (Lipinski definition) is 1. The van der Waals surface area contributed by atoms with Crippen molar-refractivity contribution in [1.82, 2.24) is 4.98 Å². The van der Waals surface area contributed by atoms with Crippen molar-refractivity contribution in [1.29, 1.82) is 0 Å². The maximum Gasteiger partial charge on any atom is 0.257 e. The van der Waals surface area contributed by atoms with Crippen LogP contribution in [0.1, 0.15) is 27.7 Å². The van der Waals surface area contributed by atoms with Crippen LogP contribution in [-0.4, -0.2) is 10.9 Å². The summed E-state index contributed by atoms with van der Waals surface area (Å²) in [4.78, 5) is 17.3. The zero-order valence-corrected chi connectivity index (χ0v) is 10.7. The second-order valence-electron chi connectivity index (χ2n) is 3.74. The van der Waals surface area contributed by atoms with Gasteiger partial charge in [0.1, 0.15) is 0 Å². The number of benzene rings is 1. The van der Waals surface area contributed by atoms with Gasteiger partial charge < -0.3 is 0 Å². The Morgan fingerprint density at radius 2 is 2.18 bits per heavy atom. The summed E-state index contributed by atoms with van der Waals surface area (Å²) in [7, 11) is 0. The molecule has 1 N–H and O–H groups in total. The van der Waals surface area contributed by atoms with Crippen LogP contribution in [0.4, 0.5) is 5.13 Å². The van der Waals surface area contributed by atoms with Crippen LogP contribution >= 0.6 is 11.3 Å². The monoisotopic (exact) mass is 246 g/mol. The summed E-state index contributed by atoms with van der Waals surface area (Å²) >= 11 is 1.48. The Morgan fingerprint density at radius 1 is 1.41 bits per heavy atom. The number of carbonyl (C=O) groups is 1. The highest BCUT2D eigenvalue weighted by Gasteiger charge is 2.11. The lowest BCUT2D eigenvalue weighted by molar-refractivity contribution is 0.102. The summed E-state index contributed by atoms with van der Waals surface area (Å²) in [6.07, 6.45) is 2.60. The van der Waals surface area contributed by atoms with E-state index in [1.54, 1.807) is 6.20 Å². The average molecular weight is 246 g/mol. The van der Waals surface area contributed by atoms with E-state index >= 15 is 0 Å². The van der Waals surface area contributed by atoms with Crippen molar-refractivity contribution in [3.63, 3.8) is 0 Å². The lowest BCUT2D eigenvalue weighted by atomic mass is 10.1. The molecule has 0 aliphatic carbocycles. The molecule has 2 rings (SSSR count). The van der Waals surface area contributed by atoms with Gasteiger partial charge in [-0.2, -0.15) is 0 Å². The third kappa shape index (κ3) is 2.71. The number of aromatic nitrogens is 1. The molecule has 0 radical (unpaired) electrons. The predicted molar refractivity (Wildman–Crippen MR) is 70.6 cm³/mol. The minimum Gasteiger partial charge on any atom is -0.298 e. The van der Waals surface area contributed by atoms with Crippen LogP contribution < -0.4 is 5.32 Å². The van der Waals surface area contributed by atoms with Crippen LogP contribution in [0.3, 0.4) is 0 Å². The van der Waals surface area contributed by atoms with Gasteiger partial charge in [-0.15, -0.1) is 11.3 Å². The van der Waals surface area contributed by atoms with Gasteiger partial charge in [0.2, 0.25) is 0 Å². The molecule has 4 heteroatoms. The molecule has 0 spiro atoms. The number of rotatable bonds is 3. The number of nitrogens with zero attached hydrogens (tertiary/aromatic N) is 1. The van der Waals surface area contributed by atoms with Crippen LogP contribution in [-0.2, 0) is 6.42 Å². The summed E-state index contributed by atoms with van der Waals surface area (Å²) in [5.74, 6) is -0.0863. The first-order chi connectivity index (χ1) is 8.20. The Kier molecular flexibility index (Phi) is 3.54. The Bertz CT molecular complexity index is 534. The van der Waals surface area contributed by atoms with E-state index in [4.69, 9.17) is 0 Å². The van der Waals surface area contributed by atoms with Crippen LogP contribution in [0.25, 0.3) is 0 Å². The molecule has 1 heterocycles. The molecule has 1 aromatic carbocycles. The molecule has 0 fully saturated rings. The fourth-order valence-electron chi connectivity index (χ4n) is 1.63. The van der Waals surface area contributed by atoms with Crippen LogP contribution in [0, 0.1) is 6.92 Å². The van der Waals surface area contributed by atoms with E-state index in [0.717, 1.165) is 22.4 Å². The van der Waals surface area contributed by atoms with Gasteiger partial charge in [-0.3, -0.25) is 10.1 Å². The number of thiazole rings is 1. The maximum absolute atomic E-state index is 12.1. The Balaban J connectivity index is 2.20. The number of hydrogen-bond acceptors (Lipinski definition) is 3. The smallest absolute Gasteiger partial charge is 0.257 e. The zero-order valence-electron chi connectivity index (χ0n) is 9.86. The number of amides is 1. The lowest BCUT2D eigenvalue weighted by Crippen LogP contribution is -2.13. The standard InChI is InChI=1S/C13H14N2OS/c1-3-10-6-4-5-7-11(10)12(16)15-13-14-8-9(2)17-13/h4-8H,3H2,1-2H3,(H,14,15,16). The first kappa shape index (κ1) is 11.8. The fraction of sp³-hybridized carbons (Fsp3) is 0.231. The summed E-state index contributed by atoms with van der Waals surface area (Å²) in [5, 5.41) is 3.47. The molecule has 1 aromatic heterocycles. The van der Waals surface area contributed by atoms with Gasteiger partial charge in [0.25, 0.3) is 5.91 Å². The first-order valence-corrected chi connectivity index (χ1v) is 6.34. The lowest BCUT2D eigenvalue weighted by Gasteiger charge is -2.06. The van der Waals surface area contributed by atoms with Crippen molar-refractivity contribution in [3.05, 3.63) is 46.5 Å². The molecule has 0 saturated carbocycles. The third-order valence-corrected chi connectivity index (χ3v) is 3.31. The van der Waals surface area contributed by atoms with Gasteiger partial charge >= 0.3 is 0 Å². The molecule has 0 aliphatic heterocycles. The highest BCUT2D eigenvalue weighted by atomic mass is 32.1. The van der Waals surface area contributed by atoms with Crippen LogP contribution in [0.15, 0.2) is 30.5 Å². The van der Waals surface area contributed by atoms with Crippen molar-refractivity contribution in [2.75, 3.05) is 5.32 Å². The molecule has 88 valence electrons. The minimum atomic E-state index is -0.0863. The molecule has 17 heavy (non-hydrogen) atoms. The topological polar surface area (TPSA) is 42.0 Å². The summed E-state index contributed by atoms with van der Waals surface area (Å²) in [6.45, 7) is 4.01. The number of anilines is 1.